The maximum atomic E-state index is 13.2. The van der Waals surface area contributed by atoms with E-state index in [1.54, 1.807) is 0 Å². The second-order valence-corrected chi connectivity index (χ2v) is 8.64. The monoisotopic (exact) mass is 370 g/mol. The van der Waals surface area contributed by atoms with Crippen LogP contribution in [0.3, 0.4) is 0 Å². The van der Waals surface area contributed by atoms with Crippen molar-refractivity contribution >= 4 is 5.91 Å². The van der Waals surface area contributed by atoms with E-state index in [2.05, 4.69) is 39.8 Å². The second-order valence-electron chi connectivity index (χ2n) is 8.64. The van der Waals surface area contributed by atoms with Crippen LogP contribution in [0.5, 0.6) is 0 Å². The summed E-state index contributed by atoms with van der Waals surface area (Å²) in [6, 6.07) is 9.82. The van der Waals surface area contributed by atoms with Gasteiger partial charge in [0.2, 0.25) is 5.91 Å². The summed E-state index contributed by atoms with van der Waals surface area (Å²) < 4.78 is 0. The van der Waals surface area contributed by atoms with Crippen LogP contribution in [0.25, 0.3) is 0 Å². The van der Waals surface area contributed by atoms with Gasteiger partial charge < -0.3 is 21.3 Å². The molecule has 1 amide bonds. The zero-order valence-electron chi connectivity index (χ0n) is 16.5. The van der Waals surface area contributed by atoms with Crippen molar-refractivity contribution in [3.05, 3.63) is 35.4 Å². The Hall–Kier alpha value is -1.43. The van der Waals surface area contributed by atoms with Gasteiger partial charge in [0.05, 0.1) is 6.04 Å². The van der Waals surface area contributed by atoms with E-state index in [1.165, 1.54) is 17.5 Å². The molecule has 5 nitrogen and oxygen atoms in total. The van der Waals surface area contributed by atoms with Gasteiger partial charge in [0, 0.05) is 37.3 Å². The lowest BCUT2D eigenvalue weighted by atomic mass is 9.94. The molecule has 0 aromatic heterocycles. The van der Waals surface area contributed by atoms with Crippen molar-refractivity contribution in [3.8, 4) is 0 Å². The van der Waals surface area contributed by atoms with E-state index < -0.39 is 0 Å². The first-order chi connectivity index (χ1) is 13.1. The predicted molar refractivity (Wildman–Crippen MR) is 108 cm³/mol. The Bertz CT molecular complexity index is 661. The van der Waals surface area contributed by atoms with E-state index in [0.717, 1.165) is 51.6 Å². The Morgan fingerprint density at radius 2 is 2.11 bits per heavy atom. The molecule has 0 radical (unpaired) electrons. The molecule has 1 aromatic rings. The molecule has 4 rings (SSSR count). The number of aryl methyl sites for hydroxylation is 1. The molecule has 5 heteroatoms. The predicted octanol–water partition coefficient (Wildman–Crippen LogP) is 2.11. The third kappa shape index (κ3) is 4.05. The number of carbonyl (C=O) groups is 1. The number of hydrogen-bond donors (Lipinski definition) is 3. The molecule has 0 saturated carbocycles. The van der Waals surface area contributed by atoms with Crippen molar-refractivity contribution in [1.82, 2.24) is 15.5 Å². The topological polar surface area (TPSA) is 70.4 Å². The Morgan fingerprint density at radius 1 is 1.26 bits per heavy atom. The SMILES string of the molecule is CC(N)C1CCCC(C(=O)N2CCC[C@H]2CN[C@@H]2CCc3ccccc32)N1. The maximum Gasteiger partial charge on any atom is 0.240 e. The summed E-state index contributed by atoms with van der Waals surface area (Å²) in [6.45, 7) is 3.83. The van der Waals surface area contributed by atoms with E-state index in [-0.39, 0.29) is 24.0 Å². The first-order valence-corrected chi connectivity index (χ1v) is 10.8. The van der Waals surface area contributed by atoms with E-state index in [1.807, 2.05) is 6.92 Å². The largest absolute Gasteiger partial charge is 0.337 e. The number of piperidine rings is 1. The van der Waals surface area contributed by atoms with Crippen LogP contribution in [0.2, 0.25) is 0 Å². The molecular weight excluding hydrogens is 336 g/mol. The number of benzene rings is 1. The van der Waals surface area contributed by atoms with Crippen LogP contribution in [-0.4, -0.2) is 48.1 Å². The fraction of sp³-hybridized carbons (Fsp3) is 0.682. The van der Waals surface area contributed by atoms with Crippen LogP contribution in [0.4, 0.5) is 0 Å². The normalized spacial score (nSPS) is 31.7. The molecule has 3 unspecified atom stereocenters. The molecule has 27 heavy (non-hydrogen) atoms. The lowest BCUT2D eigenvalue weighted by Gasteiger charge is -2.36. The van der Waals surface area contributed by atoms with Gasteiger partial charge in [-0.3, -0.25) is 4.79 Å². The first-order valence-electron chi connectivity index (χ1n) is 10.8. The molecule has 2 heterocycles. The minimum absolute atomic E-state index is 0.0532. The quantitative estimate of drug-likeness (QED) is 0.742. The van der Waals surface area contributed by atoms with Crippen molar-refractivity contribution in [2.45, 2.75) is 82.1 Å². The molecular formula is C22H34N4O. The molecule has 5 atom stereocenters. The molecule has 1 aromatic carbocycles. The number of likely N-dealkylation sites (tertiary alicyclic amines) is 1. The highest BCUT2D eigenvalue weighted by Gasteiger charge is 2.36. The Kier molecular flexibility index (Phi) is 5.81. The van der Waals surface area contributed by atoms with Gasteiger partial charge in [0.1, 0.15) is 0 Å². The van der Waals surface area contributed by atoms with E-state index in [0.29, 0.717) is 12.1 Å². The van der Waals surface area contributed by atoms with Gasteiger partial charge in [-0.05, 0) is 63.0 Å². The lowest BCUT2D eigenvalue weighted by molar-refractivity contribution is -0.135. The number of hydrogen-bond acceptors (Lipinski definition) is 4. The van der Waals surface area contributed by atoms with Gasteiger partial charge in [-0.1, -0.05) is 24.3 Å². The number of nitrogens with two attached hydrogens (primary N) is 1. The summed E-state index contributed by atoms with van der Waals surface area (Å²) >= 11 is 0. The van der Waals surface area contributed by atoms with Crippen molar-refractivity contribution in [1.29, 1.82) is 0 Å². The molecule has 2 fully saturated rings. The van der Waals surface area contributed by atoms with Crippen molar-refractivity contribution in [2.24, 2.45) is 5.73 Å². The second kappa shape index (κ2) is 8.29. The molecule has 0 bridgehead atoms. The number of nitrogens with zero attached hydrogens (tertiary/aromatic N) is 1. The van der Waals surface area contributed by atoms with Gasteiger partial charge in [0.15, 0.2) is 0 Å². The van der Waals surface area contributed by atoms with Crippen LogP contribution in [-0.2, 0) is 11.2 Å². The standard InChI is InChI=1S/C22H34N4O/c1-15(23)19-9-4-10-21(25-19)22(27)26-13-5-7-17(26)14-24-20-12-11-16-6-2-3-8-18(16)20/h2-3,6,8,15,17,19-21,24-25H,4-5,7,9-14,23H2,1H3/t15?,17-,19?,20+,21?/m0/s1. The van der Waals surface area contributed by atoms with Crippen molar-refractivity contribution in [3.63, 3.8) is 0 Å². The van der Waals surface area contributed by atoms with Gasteiger partial charge in [-0.25, -0.2) is 0 Å². The smallest absolute Gasteiger partial charge is 0.240 e. The Balaban J connectivity index is 1.34. The van der Waals surface area contributed by atoms with Crippen LogP contribution in [0.15, 0.2) is 24.3 Å². The average molecular weight is 371 g/mol. The zero-order chi connectivity index (χ0) is 18.8. The molecule has 1 aliphatic carbocycles. The molecule has 0 spiro atoms. The number of rotatable bonds is 5. The Morgan fingerprint density at radius 3 is 2.96 bits per heavy atom. The minimum Gasteiger partial charge on any atom is -0.337 e. The first kappa shape index (κ1) is 18.9. The number of fused-ring (bicyclic) bond motifs is 1. The zero-order valence-corrected chi connectivity index (χ0v) is 16.5. The highest BCUT2D eigenvalue weighted by molar-refractivity contribution is 5.82. The average Bonchev–Trinajstić information content (AvgIpc) is 3.32. The molecule has 2 saturated heterocycles. The molecule has 4 N–H and O–H groups in total. The number of amides is 1. The van der Waals surface area contributed by atoms with Crippen LogP contribution >= 0.6 is 0 Å². The van der Waals surface area contributed by atoms with Gasteiger partial charge in [-0.15, -0.1) is 0 Å². The fourth-order valence-corrected chi connectivity index (χ4v) is 5.16. The van der Waals surface area contributed by atoms with Crippen LogP contribution < -0.4 is 16.4 Å². The molecule has 148 valence electrons. The van der Waals surface area contributed by atoms with Crippen LogP contribution in [0, 0.1) is 0 Å². The summed E-state index contributed by atoms with van der Waals surface area (Å²) in [5, 5.41) is 7.28. The summed E-state index contributed by atoms with van der Waals surface area (Å²) in [7, 11) is 0. The van der Waals surface area contributed by atoms with Gasteiger partial charge >= 0.3 is 0 Å². The van der Waals surface area contributed by atoms with Gasteiger partial charge in [0.25, 0.3) is 0 Å². The third-order valence-corrected chi connectivity index (χ3v) is 6.75. The fourth-order valence-electron chi connectivity index (χ4n) is 5.16. The highest BCUT2D eigenvalue weighted by atomic mass is 16.2. The van der Waals surface area contributed by atoms with E-state index in [9.17, 15) is 4.79 Å². The summed E-state index contributed by atoms with van der Waals surface area (Å²) in [4.78, 5) is 15.3. The van der Waals surface area contributed by atoms with E-state index >= 15 is 0 Å². The third-order valence-electron chi connectivity index (χ3n) is 6.75. The minimum atomic E-state index is -0.0532. The van der Waals surface area contributed by atoms with Gasteiger partial charge in [-0.2, -0.15) is 0 Å². The van der Waals surface area contributed by atoms with E-state index in [4.69, 9.17) is 5.73 Å². The maximum absolute atomic E-state index is 13.2. The van der Waals surface area contributed by atoms with Crippen molar-refractivity contribution in [2.75, 3.05) is 13.1 Å². The Labute approximate surface area is 163 Å². The number of nitrogens with one attached hydrogen (secondary N) is 2. The lowest BCUT2D eigenvalue weighted by Crippen LogP contribution is -2.57. The summed E-state index contributed by atoms with van der Waals surface area (Å²) in [5.74, 6) is 0.288. The molecule has 3 aliphatic rings. The molecule has 2 aliphatic heterocycles. The highest BCUT2D eigenvalue weighted by Crippen LogP contribution is 2.31. The van der Waals surface area contributed by atoms with Crippen LogP contribution in [0.1, 0.15) is 62.6 Å². The van der Waals surface area contributed by atoms with Crippen molar-refractivity contribution < 1.29 is 4.79 Å². The summed E-state index contributed by atoms with van der Waals surface area (Å²) in [6.07, 6.45) is 7.65. The summed E-state index contributed by atoms with van der Waals surface area (Å²) in [5.41, 5.74) is 8.99. The number of carbonyl (C=O) groups excluding carboxylic acids is 1.